The number of nitrogens with zero attached hydrogens (tertiary/aromatic N) is 1. The molecule has 2 aromatic rings. The number of sulfonamides is 1. The van der Waals surface area contributed by atoms with Gasteiger partial charge in [0.15, 0.2) is 0 Å². The van der Waals surface area contributed by atoms with Crippen molar-refractivity contribution in [1.82, 2.24) is 0 Å². The third-order valence-electron chi connectivity index (χ3n) is 3.21. The molecule has 0 unspecified atom stereocenters. The van der Waals surface area contributed by atoms with Gasteiger partial charge in [0.25, 0.3) is 10.0 Å². The molecule has 0 saturated heterocycles. The van der Waals surface area contributed by atoms with Gasteiger partial charge in [0, 0.05) is 7.05 Å². The van der Waals surface area contributed by atoms with E-state index in [1.165, 1.54) is 19.2 Å². The maximum Gasteiger partial charge on any atom is 0.335 e. The molecule has 0 fully saturated rings. The monoisotopic (exact) mass is 339 g/mol. The van der Waals surface area contributed by atoms with Gasteiger partial charge in [-0.2, -0.15) is 0 Å². The van der Waals surface area contributed by atoms with E-state index in [-0.39, 0.29) is 15.5 Å². The highest BCUT2D eigenvalue weighted by atomic mass is 35.5. The lowest BCUT2D eigenvalue weighted by molar-refractivity contribution is 0.0696. The Balaban J connectivity index is 2.52. The molecular weight excluding hydrogens is 326 g/mol. The summed E-state index contributed by atoms with van der Waals surface area (Å²) in [4.78, 5) is 10.8. The van der Waals surface area contributed by atoms with Crippen LogP contribution in [-0.2, 0) is 10.0 Å². The van der Waals surface area contributed by atoms with Gasteiger partial charge in [-0.1, -0.05) is 29.3 Å². The van der Waals surface area contributed by atoms with Gasteiger partial charge in [0.2, 0.25) is 0 Å². The summed E-state index contributed by atoms with van der Waals surface area (Å²) in [5, 5.41) is 8.98. The normalized spacial score (nSPS) is 11.2. The Morgan fingerprint density at radius 3 is 2.27 bits per heavy atom. The summed E-state index contributed by atoms with van der Waals surface area (Å²) in [5.41, 5.74) is 1.32. The molecular formula is C15H14ClNO4S. The Labute approximate surface area is 133 Å². The van der Waals surface area contributed by atoms with Crippen LogP contribution in [-0.4, -0.2) is 26.5 Å². The molecule has 2 aromatic carbocycles. The number of carboxylic acids is 1. The number of aromatic carboxylic acids is 1. The fourth-order valence-electron chi connectivity index (χ4n) is 1.88. The first-order chi connectivity index (χ1) is 10.2. The van der Waals surface area contributed by atoms with Crippen molar-refractivity contribution in [1.29, 1.82) is 0 Å². The highest BCUT2D eigenvalue weighted by Crippen LogP contribution is 2.28. The number of carboxylic acid groups (broad SMARTS) is 1. The van der Waals surface area contributed by atoms with Crippen molar-refractivity contribution in [2.45, 2.75) is 11.8 Å². The molecule has 0 amide bonds. The van der Waals surface area contributed by atoms with Crippen molar-refractivity contribution in [2.24, 2.45) is 0 Å². The predicted molar refractivity (Wildman–Crippen MR) is 85.2 cm³/mol. The second-order valence-electron chi connectivity index (χ2n) is 4.76. The summed E-state index contributed by atoms with van der Waals surface area (Å²) in [5.74, 6) is -1.22. The first-order valence-corrected chi connectivity index (χ1v) is 8.13. The van der Waals surface area contributed by atoms with Crippen LogP contribution >= 0.6 is 11.6 Å². The van der Waals surface area contributed by atoms with Crippen LogP contribution in [0, 0.1) is 6.92 Å². The standard InChI is InChI=1S/C15H14ClNO4S/c1-10-3-6-12(7-4-10)17(2)22(20,21)14-9-11(15(18)19)5-8-13(14)16/h3-9H,1-2H3,(H,18,19). The van der Waals surface area contributed by atoms with Gasteiger partial charge >= 0.3 is 5.97 Å². The number of carbonyl (C=O) groups is 1. The number of aryl methyl sites for hydroxylation is 1. The maximum absolute atomic E-state index is 12.7. The van der Waals surface area contributed by atoms with Crippen LogP contribution < -0.4 is 4.31 Å². The highest BCUT2D eigenvalue weighted by molar-refractivity contribution is 7.93. The molecule has 0 aromatic heterocycles. The number of hydrogen-bond donors (Lipinski definition) is 1. The van der Waals surface area contributed by atoms with Crippen LogP contribution in [0.15, 0.2) is 47.4 Å². The van der Waals surface area contributed by atoms with Crippen molar-refractivity contribution in [2.75, 3.05) is 11.4 Å². The zero-order chi connectivity index (χ0) is 16.5. The molecule has 7 heteroatoms. The maximum atomic E-state index is 12.7. The van der Waals surface area contributed by atoms with E-state index in [9.17, 15) is 13.2 Å². The van der Waals surface area contributed by atoms with E-state index >= 15 is 0 Å². The summed E-state index contributed by atoms with van der Waals surface area (Å²) in [7, 11) is -2.56. The van der Waals surface area contributed by atoms with Crippen LogP contribution in [0.2, 0.25) is 5.02 Å². The van der Waals surface area contributed by atoms with Gasteiger partial charge in [0.05, 0.1) is 16.3 Å². The van der Waals surface area contributed by atoms with Gasteiger partial charge in [-0.05, 0) is 37.3 Å². The summed E-state index contributed by atoms with van der Waals surface area (Å²) in [6, 6.07) is 10.5. The number of halogens is 1. The zero-order valence-corrected chi connectivity index (χ0v) is 13.5. The second kappa shape index (κ2) is 5.98. The minimum atomic E-state index is -3.95. The van der Waals surface area contributed by atoms with E-state index in [2.05, 4.69) is 0 Å². The van der Waals surface area contributed by atoms with Gasteiger partial charge in [-0.25, -0.2) is 13.2 Å². The minimum Gasteiger partial charge on any atom is -0.478 e. The molecule has 2 rings (SSSR count). The zero-order valence-electron chi connectivity index (χ0n) is 11.9. The Morgan fingerprint density at radius 1 is 1.14 bits per heavy atom. The van der Waals surface area contributed by atoms with E-state index in [0.29, 0.717) is 5.69 Å². The summed E-state index contributed by atoms with van der Waals surface area (Å²) < 4.78 is 26.4. The van der Waals surface area contributed by atoms with Crippen molar-refractivity contribution in [3.8, 4) is 0 Å². The lowest BCUT2D eigenvalue weighted by Gasteiger charge is -2.20. The molecule has 0 spiro atoms. The van der Waals surface area contributed by atoms with Crippen LogP contribution in [0.5, 0.6) is 0 Å². The van der Waals surface area contributed by atoms with E-state index in [1.54, 1.807) is 24.3 Å². The third-order valence-corrected chi connectivity index (χ3v) is 5.48. The number of hydrogen-bond acceptors (Lipinski definition) is 3. The lowest BCUT2D eigenvalue weighted by atomic mass is 10.2. The van der Waals surface area contributed by atoms with Gasteiger partial charge in [0.1, 0.15) is 4.90 Å². The van der Waals surface area contributed by atoms with Crippen LogP contribution in [0.1, 0.15) is 15.9 Å². The lowest BCUT2D eigenvalue weighted by Crippen LogP contribution is -2.27. The fourth-order valence-corrected chi connectivity index (χ4v) is 3.57. The topological polar surface area (TPSA) is 74.7 Å². The summed E-state index contributed by atoms with van der Waals surface area (Å²) in [6.07, 6.45) is 0. The van der Waals surface area contributed by atoms with Crippen molar-refractivity contribution in [3.05, 3.63) is 58.6 Å². The highest BCUT2D eigenvalue weighted by Gasteiger charge is 2.25. The van der Waals surface area contributed by atoms with E-state index in [0.717, 1.165) is 15.9 Å². The molecule has 1 N–H and O–H groups in total. The Bertz CT molecular complexity index is 816. The van der Waals surface area contributed by atoms with Crippen molar-refractivity contribution < 1.29 is 18.3 Å². The molecule has 5 nitrogen and oxygen atoms in total. The van der Waals surface area contributed by atoms with Crippen molar-refractivity contribution in [3.63, 3.8) is 0 Å². The largest absolute Gasteiger partial charge is 0.478 e. The fraction of sp³-hybridized carbons (Fsp3) is 0.133. The Hall–Kier alpha value is -2.05. The number of benzene rings is 2. The first kappa shape index (κ1) is 16.3. The van der Waals surface area contributed by atoms with Gasteiger partial charge in [-0.3, -0.25) is 4.31 Å². The minimum absolute atomic E-state index is 0.0241. The second-order valence-corrected chi connectivity index (χ2v) is 7.10. The van der Waals surface area contributed by atoms with Crippen LogP contribution in [0.4, 0.5) is 5.69 Å². The van der Waals surface area contributed by atoms with E-state index < -0.39 is 16.0 Å². The Kier molecular flexibility index (Phi) is 4.44. The average molecular weight is 340 g/mol. The quantitative estimate of drug-likeness (QED) is 0.928. The smallest absolute Gasteiger partial charge is 0.335 e. The average Bonchev–Trinajstić information content (AvgIpc) is 2.47. The van der Waals surface area contributed by atoms with Gasteiger partial charge < -0.3 is 5.11 Å². The third kappa shape index (κ3) is 3.08. The molecule has 0 heterocycles. The number of anilines is 1. The number of rotatable bonds is 4. The molecule has 0 atom stereocenters. The molecule has 0 aliphatic heterocycles. The van der Waals surface area contributed by atoms with Crippen LogP contribution in [0.3, 0.4) is 0 Å². The summed E-state index contributed by atoms with van der Waals surface area (Å²) >= 11 is 5.94. The molecule has 0 aliphatic rings. The molecule has 0 aliphatic carbocycles. The molecule has 116 valence electrons. The molecule has 0 radical (unpaired) electrons. The van der Waals surface area contributed by atoms with Crippen molar-refractivity contribution >= 4 is 33.3 Å². The molecule has 0 bridgehead atoms. The molecule has 22 heavy (non-hydrogen) atoms. The van der Waals surface area contributed by atoms with E-state index in [1.807, 2.05) is 6.92 Å². The SMILES string of the molecule is Cc1ccc(N(C)S(=O)(=O)c2cc(C(=O)O)ccc2Cl)cc1. The molecule has 0 saturated carbocycles. The van der Waals surface area contributed by atoms with Gasteiger partial charge in [-0.15, -0.1) is 0 Å². The predicted octanol–water partition coefficient (Wildman–Crippen LogP) is 3.17. The van der Waals surface area contributed by atoms with Crippen LogP contribution in [0.25, 0.3) is 0 Å². The Morgan fingerprint density at radius 2 is 1.73 bits per heavy atom. The van der Waals surface area contributed by atoms with E-state index in [4.69, 9.17) is 16.7 Å². The first-order valence-electron chi connectivity index (χ1n) is 6.32. The summed E-state index contributed by atoms with van der Waals surface area (Å²) in [6.45, 7) is 1.89.